The van der Waals surface area contributed by atoms with Gasteiger partial charge >= 0.3 is 0 Å². The van der Waals surface area contributed by atoms with Crippen LogP contribution in [0.2, 0.25) is 0 Å². The van der Waals surface area contributed by atoms with Gasteiger partial charge in [-0.25, -0.2) is 0 Å². The van der Waals surface area contributed by atoms with E-state index in [1.54, 1.807) is 4.90 Å². The van der Waals surface area contributed by atoms with Gasteiger partial charge in [-0.2, -0.15) is 0 Å². The van der Waals surface area contributed by atoms with Gasteiger partial charge in [-0.05, 0) is 38.2 Å². The molecule has 0 spiro atoms. The summed E-state index contributed by atoms with van der Waals surface area (Å²) in [6.07, 6.45) is 1.04. The number of hydrogen-bond donors (Lipinski definition) is 1. The number of carbonyl (C=O) groups excluding carboxylic acids is 1. The van der Waals surface area contributed by atoms with Gasteiger partial charge in [0.15, 0.2) is 6.29 Å². The minimum atomic E-state index is -0.486. The highest BCUT2D eigenvalue weighted by Crippen LogP contribution is 2.10. The molecule has 142 valence electrons. The molecule has 1 atom stereocenters. The van der Waals surface area contributed by atoms with Crippen molar-refractivity contribution in [1.29, 1.82) is 0 Å². The van der Waals surface area contributed by atoms with Gasteiger partial charge in [0.1, 0.15) is 0 Å². The van der Waals surface area contributed by atoms with Crippen molar-refractivity contribution < 1.29 is 14.3 Å². The van der Waals surface area contributed by atoms with Gasteiger partial charge < -0.3 is 20.1 Å². The number of amides is 1. The average molecular weight is 351 g/mol. The Kier molecular flexibility index (Phi) is 10.4. The molecule has 0 bridgehead atoms. The molecule has 5 heteroatoms. The van der Waals surface area contributed by atoms with Gasteiger partial charge in [-0.1, -0.05) is 44.2 Å². The first-order valence-corrected chi connectivity index (χ1v) is 9.29. The normalized spacial score (nSPS) is 12.6. The second-order valence-corrected chi connectivity index (χ2v) is 6.60. The Hall–Kier alpha value is -1.43. The summed E-state index contributed by atoms with van der Waals surface area (Å²) in [7, 11) is 0. The first-order valence-electron chi connectivity index (χ1n) is 9.29. The van der Waals surface area contributed by atoms with Crippen LogP contribution in [-0.2, 0) is 20.7 Å². The largest absolute Gasteiger partial charge is 0.351 e. The molecule has 0 aliphatic rings. The smallest absolute Gasteiger partial charge is 0.239 e. The van der Waals surface area contributed by atoms with Crippen LogP contribution >= 0.6 is 0 Å². The van der Waals surface area contributed by atoms with E-state index in [0.29, 0.717) is 38.6 Å². The highest BCUT2D eigenvalue weighted by Gasteiger charge is 2.24. The van der Waals surface area contributed by atoms with Gasteiger partial charge in [0.2, 0.25) is 5.91 Å². The van der Waals surface area contributed by atoms with E-state index in [2.05, 4.69) is 26.0 Å². The van der Waals surface area contributed by atoms with Crippen molar-refractivity contribution in [2.24, 2.45) is 11.7 Å². The number of hydrogen-bond acceptors (Lipinski definition) is 4. The third-order valence-electron chi connectivity index (χ3n) is 3.94. The summed E-state index contributed by atoms with van der Waals surface area (Å²) < 4.78 is 11.2. The Morgan fingerprint density at radius 3 is 2.24 bits per heavy atom. The van der Waals surface area contributed by atoms with Gasteiger partial charge in [-0.3, -0.25) is 4.79 Å². The molecule has 0 heterocycles. The van der Waals surface area contributed by atoms with E-state index in [1.165, 1.54) is 5.56 Å². The van der Waals surface area contributed by atoms with Crippen molar-refractivity contribution in [3.05, 3.63) is 35.9 Å². The molecular weight excluding hydrogens is 316 g/mol. The Balaban J connectivity index is 2.78. The van der Waals surface area contributed by atoms with Crippen LogP contribution in [0.15, 0.2) is 30.3 Å². The lowest BCUT2D eigenvalue weighted by Gasteiger charge is -2.30. The fourth-order valence-corrected chi connectivity index (χ4v) is 2.75. The van der Waals surface area contributed by atoms with Crippen molar-refractivity contribution in [2.45, 2.75) is 52.9 Å². The van der Waals surface area contributed by atoms with E-state index in [9.17, 15) is 4.79 Å². The molecule has 0 aliphatic heterocycles. The topological polar surface area (TPSA) is 64.8 Å². The molecule has 0 aromatic heterocycles. The second kappa shape index (κ2) is 12.0. The zero-order valence-corrected chi connectivity index (χ0v) is 16.1. The first kappa shape index (κ1) is 21.6. The number of nitrogens with zero attached hydrogens (tertiary/aromatic N) is 1. The van der Waals surface area contributed by atoms with Crippen molar-refractivity contribution in [3.8, 4) is 0 Å². The molecule has 0 aliphatic carbocycles. The van der Waals surface area contributed by atoms with Crippen molar-refractivity contribution >= 4 is 5.91 Å². The number of benzene rings is 1. The van der Waals surface area contributed by atoms with Crippen LogP contribution in [0.25, 0.3) is 0 Å². The summed E-state index contributed by atoms with van der Waals surface area (Å²) >= 11 is 0. The fraction of sp³-hybridized carbons (Fsp3) is 0.650. The third kappa shape index (κ3) is 8.47. The van der Waals surface area contributed by atoms with Crippen molar-refractivity contribution in [1.82, 2.24) is 4.90 Å². The minimum Gasteiger partial charge on any atom is -0.351 e. The van der Waals surface area contributed by atoms with Gasteiger partial charge in [-0.15, -0.1) is 0 Å². The van der Waals surface area contributed by atoms with Crippen LogP contribution in [0.3, 0.4) is 0 Å². The molecular formula is C20H34N2O3. The molecule has 25 heavy (non-hydrogen) atoms. The van der Waals surface area contributed by atoms with E-state index >= 15 is 0 Å². The van der Waals surface area contributed by atoms with Gasteiger partial charge in [0.25, 0.3) is 0 Å². The van der Waals surface area contributed by atoms with Crippen molar-refractivity contribution in [2.75, 3.05) is 26.3 Å². The van der Waals surface area contributed by atoms with Crippen LogP contribution in [0, 0.1) is 5.92 Å². The van der Waals surface area contributed by atoms with Crippen molar-refractivity contribution in [3.63, 3.8) is 0 Å². The average Bonchev–Trinajstić information content (AvgIpc) is 2.58. The highest BCUT2D eigenvalue weighted by molar-refractivity contribution is 5.81. The van der Waals surface area contributed by atoms with Crippen LogP contribution in [-0.4, -0.2) is 49.4 Å². The highest BCUT2D eigenvalue weighted by atomic mass is 16.7. The van der Waals surface area contributed by atoms with E-state index in [1.807, 2.05) is 32.0 Å². The number of carbonyl (C=O) groups is 1. The Labute approximate surface area is 152 Å². The van der Waals surface area contributed by atoms with Crippen LogP contribution in [0.5, 0.6) is 0 Å². The van der Waals surface area contributed by atoms with E-state index in [-0.39, 0.29) is 5.91 Å². The lowest BCUT2D eigenvalue weighted by Crippen LogP contribution is -2.48. The maximum atomic E-state index is 12.8. The minimum absolute atomic E-state index is 0.0333. The summed E-state index contributed by atoms with van der Waals surface area (Å²) in [4.78, 5) is 14.6. The maximum absolute atomic E-state index is 12.8. The Morgan fingerprint density at radius 1 is 1.12 bits per heavy atom. The van der Waals surface area contributed by atoms with E-state index in [4.69, 9.17) is 15.2 Å². The number of nitrogens with two attached hydrogens (primary N) is 1. The molecule has 1 aromatic rings. The molecule has 0 unspecified atom stereocenters. The fourth-order valence-electron chi connectivity index (χ4n) is 2.75. The number of ether oxygens (including phenoxy) is 2. The molecule has 5 nitrogen and oxygen atoms in total. The maximum Gasteiger partial charge on any atom is 0.239 e. The Bertz CT molecular complexity index is 473. The zero-order valence-electron chi connectivity index (χ0n) is 16.1. The lowest BCUT2D eigenvalue weighted by atomic mass is 10.0. The molecule has 1 rings (SSSR count). The monoisotopic (exact) mass is 350 g/mol. The van der Waals surface area contributed by atoms with Crippen LogP contribution in [0.1, 0.15) is 39.7 Å². The molecule has 0 radical (unpaired) electrons. The predicted molar refractivity (Wildman–Crippen MR) is 101 cm³/mol. The summed E-state index contributed by atoms with van der Waals surface area (Å²) in [6, 6.07) is 9.66. The molecule has 1 aromatic carbocycles. The van der Waals surface area contributed by atoms with E-state index < -0.39 is 12.3 Å². The molecule has 0 fully saturated rings. The summed E-state index contributed by atoms with van der Waals surface area (Å²) in [5.74, 6) is 0.346. The Morgan fingerprint density at radius 2 is 1.72 bits per heavy atom. The predicted octanol–water partition coefficient (Wildman–Crippen LogP) is 2.83. The van der Waals surface area contributed by atoms with Gasteiger partial charge in [0.05, 0.1) is 12.6 Å². The third-order valence-corrected chi connectivity index (χ3v) is 3.94. The molecule has 0 saturated carbocycles. The molecule has 0 saturated heterocycles. The second-order valence-electron chi connectivity index (χ2n) is 6.60. The van der Waals surface area contributed by atoms with Crippen LogP contribution < -0.4 is 5.73 Å². The van der Waals surface area contributed by atoms with E-state index in [0.717, 1.165) is 6.42 Å². The first-order chi connectivity index (χ1) is 12.0. The van der Waals surface area contributed by atoms with Crippen LogP contribution in [0.4, 0.5) is 0 Å². The SMILES string of the molecule is CCOC(CN(CCc1ccccc1)C(=O)[C@@H](N)CC(C)C)OCC. The number of rotatable bonds is 12. The quantitative estimate of drug-likeness (QED) is 0.589. The van der Waals surface area contributed by atoms with Gasteiger partial charge in [0, 0.05) is 19.8 Å². The molecule has 1 amide bonds. The standard InChI is InChI=1S/C20H34N2O3/c1-5-24-19(25-6-2)15-22(20(23)18(21)14-16(3)4)13-12-17-10-8-7-9-11-17/h7-11,16,18-19H,5-6,12-15,21H2,1-4H3/t18-/m0/s1. The summed E-state index contributed by atoms with van der Waals surface area (Å²) in [5, 5.41) is 0. The summed E-state index contributed by atoms with van der Waals surface area (Å²) in [6.45, 7) is 10.1. The molecule has 2 N–H and O–H groups in total. The lowest BCUT2D eigenvalue weighted by molar-refractivity contribution is -0.159. The summed E-state index contributed by atoms with van der Waals surface area (Å²) in [5.41, 5.74) is 7.34. The zero-order chi connectivity index (χ0) is 18.7.